The van der Waals surface area contributed by atoms with Crippen molar-refractivity contribution in [3.05, 3.63) is 59.3 Å². The molecule has 1 aromatic rings. The van der Waals surface area contributed by atoms with Crippen molar-refractivity contribution in [1.29, 1.82) is 0 Å². The summed E-state index contributed by atoms with van der Waals surface area (Å²) in [6.45, 7) is 1.93. The molecule has 160 valence electrons. The molecule has 1 unspecified atom stereocenters. The van der Waals surface area contributed by atoms with Crippen LogP contribution in [0.5, 0.6) is 0 Å². The van der Waals surface area contributed by atoms with Gasteiger partial charge < -0.3 is 15.7 Å². The molecule has 3 aliphatic rings. The number of allylic oxidation sites excluding steroid dienone is 3. The summed E-state index contributed by atoms with van der Waals surface area (Å²) in [4.78, 5) is 26.3. The Bertz CT molecular complexity index is 885. The zero-order chi connectivity index (χ0) is 21.3. The van der Waals surface area contributed by atoms with E-state index in [9.17, 15) is 23.5 Å². The lowest BCUT2D eigenvalue weighted by molar-refractivity contribution is -0.144. The lowest BCUT2D eigenvalue weighted by atomic mass is 9.90. The highest BCUT2D eigenvalue weighted by Crippen LogP contribution is 2.41. The van der Waals surface area contributed by atoms with Gasteiger partial charge in [-0.25, -0.2) is 0 Å². The third-order valence-corrected chi connectivity index (χ3v) is 5.92. The van der Waals surface area contributed by atoms with E-state index in [1.54, 1.807) is 6.08 Å². The predicted molar refractivity (Wildman–Crippen MR) is 106 cm³/mol. The van der Waals surface area contributed by atoms with Crippen LogP contribution in [-0.2, 0) is 9.59 Å². The summed E-state index contributed by atoms with van der Waals surface area (Å²) in [6.07, 6.45) is 3.53. The van der Waals surface area contributed by atoms with Crippen LogP contribution < -0.4 is 10.6 Å². The first-order chi connectivity index (χ1) is 14.3. The minimum atomic E-state index is -3.41. The van der Waals surface area contributed by atoms with E-state index in [4.69, 9.17) is 0 Å². The predicted octanol–water partition coefficient (Wildman–Crippen LogP) is 1.90. The zero-order valence-corrected chi connectivity index (χ0v) is 16.5. The Hall–Kier alpha value is -2.58. The molecule has 0 spiro atoms. The number of alkyl halides is 2. The number of nitrogens with one attached hydrogen (secondary N) is 2. The van der Waals surface area contributed by atoms with E-state index in [1.165, 1.54) is 6.08 Å². The van der Waals surface area contributed by atoms with Crippen molar-refractivity contribution in [3.63, 3.8) is 0 Å². The van der Waals surface area contributed by atoms with Gasteiger partial charge in [-0.3, -0.25) is 14.5 Å². The number of amides is 2. The van der Waals surface area contributed by atoms with Crippen LogP contribution in [0.2, 0.25) is 0 Å². The van der Waals surface area contributed by atoms with Crippen LogP contribution in [0.15, 0.2) is 53.8 Å². The Labute approximate surface area is 173 Å². The maximum Gasteiger partial charge on any atom is 0.333 e. The van der Waals surface area contributed by atoms with Gasteiger partial charge in [0.2, 0.25) is 5.91 Å². The van der Waals surface area contributed by atoms with Crippen LogP contribution in [0, 0.1) is 5.92 Å². The molecule has 8 heteroatoms. The van der Waals surface area contributed by atoms with Crippen molar-refractivity contribution in [3.8, 4) is 0 Å². The van der Waals surface area contributed by atoms with Crippen molar-refractivity contribution in [2.75, 3.05) is 19.6 Å². The number of fused-ring (bicyclic) bond motifs is 1. The van der Waals surface area contributed by atoms with Crippen LogP contribution in [0.1, 0.15) is 30.9 Å². The molecule has 2 saturated heterocycles. The molecule has 6 nitrogen and oxygen atoms in total. The van der Waals surface area contributed by atoms with Crippen LogP contribution in [0.4, 0.5) is 8.78 Å². The number of aliphatic hydroxyl groups is 1. The summed E-state index contributed by atoms with van der Waals surface area (Å²) in [5.74, 6) is -6.08. The molecule has 0 bridgehead atoms. The van der Waals surface area contributed by atoms with Crippen molar-refractivity contribution >= 4 is 11.8 Å². The van der Waals surface area contributed by atoms with E-state index in [1.807, 2.05) is 30.3 Å². The molecule has 0 aromatic heterocycles. The highest BCUT2D eigenvalue weighted by molar-refractivity contribution is 5.90. The summed E-state index contributed by atoms with van der Waals surface area (Å²) < 4.78 is 27.7. The Morgan fingerprint density at radius 2 is 2.10 bits per heavy atom. The third kappa shape index (κ3) is 4.29. The minimum absolute atomic E-state index is 0.0218. The van der Waals surface area contributed by atoms with E-state index in [0.29, 0.717) is 25.1 Å². The number of β-amino-alcohol motifs (C(OH)–C–C–N with tert-alkyl or cyclic N) is 1. The van der Waals surface area contributed by atoms with Crippen LogP contribution in [-0.4, -0.2) is 53.5 Å². The third-order valence-electron chi connectivity index (χ3n) is 5.92. The fourth-order valence-corrected chi connectivity index (χ4v) is 4.30. The van der Waals surface area contributed by atoms with Crippen LogP contribution >= 0.6 is 0 Å². The smallest absolute Gasteiger partial charge is 0.333 e. The maximum absolute atomic E-state index is 13.9. The second kappa shape index (κ2) is 8.28. The molecule has 2 fully saturated rings. The van der Waals surface area contributed by atoms with E-state index in [0.717, 1.165) is 12.1 Å². The quantitative estimate of drug-likeness (QED) is 0.660. The second-order valence-corrected chi connectivity index (χ2v) is 8.15. The van der Waals surface area contributed by atoms with Crippen LogP contribution in [0.3, 0.4) is 0 Å². The van der Waals surface area contributed by atoms with Gasteiger partial charge >= 0.3 is 5.92 Å². The summed E-state index contributed by atoms with van der Waals surface area (Å²) in [5.41, 5.74) is 1.76. The van der Waals surface area contributed by atoms with Gasteiger partial charge in [0.15, 0.2) is 0 Å². The molecular weight excluding hydrogens is 392 g/mol. The molecular formula is C22H25F2N3O3. The van der Waals surface area contributed by atoms with Gasteiger partial charge in [0.1, 0.15) is 0 Å². The van der Waals surface area contributed by atoms with Gasteiger partial charge in [0, 0.05) is 25.3 Å². The first-order valence-electron chi connectivity index (χ1n) is 10.2. The Morgan fingerprint density at radius 1 is 1.33 bits per heavy atom. The molecule has 1 aliphatic carbocycles. The van der Waals surface area contributed by atoms with Crippen molar-refractivity contribution in [1.82, 2.24) is 15.5 Å². The van der Waals surface area contributed by atoms with Gasteiger partial charge in [-0.2, -0.15) is 8.78 Å². The molecule has 3 N–H and O–H groups in total. The summed E-state index contributed by atoms with van der Waals surface area (Å²) in [6, 6.07) is 9.36. The normalized spacial score (nSPS) is 26.4. The topological polar surface area (TPSA) is 81.7 Å². The number of carbonyl (C=O) groups is 2. The standard InChI is InChI=1S/C22H25F2N3O3/c23-22(24)17-7-6-14(10-18(17)26-21(22)30)11-20(29)25-19(15-4-2-1-3-5-15)13-27-9-8-16(28)12-27/h1-6,10,16-17,19,28H,7-9,11-13H2,(H,25,29)(H,26,30)/t16-,17?,19+/m0/s1. The van der Waals surface area contributed by atoms with Gasteiger partial charge in [-0.05, 0) is 30.1 Å². The average Bonchev–Trinajstić information content (AvgIpc) is 3.21. The largest absolute Gasteiger partial charge is 0.392 e. The SMILES string of the molecule is O=C(CC1=CCC2C(=C1)NC(=O)C2(F)F)N[C@H](CN1CC[C@H](O)C1)c1ccccc1. The first kappa shape index (κ1) is 20.7. The monoisotopic (exact) mass is 417 g/mol. The fourth-order valence-electron chi connectivity index (χ4n) is 4.30. The lowest BCUT2D eigenvalue weighted by Crippen LogP contribution is -2.37. The van der Waals surface area contributed by atoms with E-state index >= 15 is 0 Å². The zero-order valence-electron chi connectivity index (χ0n) is 16.5. The average molecular weight is 417 g/mol. The van der Waals surface area contributed by atoms with Gasteiger partial charge in [-0.15, -0.1) is 0 Å². The Kier molecular flexibility index (Phi) is 5.71. The number of hydrogen-bond donors (Lipinski definition) is 3. The van der Waals surface area contributed by atoms with Crippen molar-refractivity contribution < 1.29 is 23.5 Å². The highest BCUT2D eigenvalue weighted by atomic mass is 19.3. The number of halogens is 2. The Balaban J connectivity index is 1.41. The van der Waals surface area contributed by atoms with E-state index in [2.05, 4.69) is 15.5 Å². The van der Waals surface area contributed by atoms with Gasteiger partial charge in [0.25, 0.3) is 5.91 Å². The summed E-state index contributed by atoms with van der Waals surface area (Å²) in [7, 11) is 0. The minimum Gasteiger partial charge on any atom is -0.392 e. The number of aliphatic hydroxyl groups excluding tert-OH is 1. The maximum atomic E-state index is 13.9. The number of rotatable bonds is 6. The molecule has 3 atom stereocenters. The summed E-state index contributed by atoms with van der Waals surface area (Å²) >= 11 is 0. The molecule has 0 saturated carbocycles. The Morgan fingerprint density at radius 3 is 2.80 bits per heavy atom. The molecule has 2 amide bonds. The first-order valence-corrected chi connectivity index (χ1v) is 10.2. The number of carbonyl (C=O) groups excluding carboxylic acids is 2. The number of benzene rings is 1. The molecule has 1 aromatic carbocycles. The molecule has 4 rings (SSSR count). The number of hydrogen-bond acceptors (Lipinski definition) is 4. The molecule has 2 aliphatic heterocycles. The van der Waals surface area contributed by atoms with Crippen molar-refractivity contribution in [2.45, 2.75) is 37.3 Å². The van der Waals surface area contributed by atoms with Crippen LogP contribution in [0.25, 0.3) is 0 Å². The van der Waals surface area contributed by atoms with Crippen molar-refractivity contribution in [2.24, 2.45) is 5.92 Å². The molecule has 0 radical (unpaired) electrons. The fraction of sp³-hybridized carbons (Fsp3) is 0.455. The number of nitrogens with zero attached hydrogens (tertiary/aromatic N) is 1. The number of likely N-dealkylation sites (tertiary alicyclic amines) is 1. The van der Waals surface area contributed by atoms with Gasteiger partial charge in [-0.1, -0.05) is 36.4 Å². The van der Waals surface area contributed by atoms with E-state index in [-0.39, 0.29) is 36.6 Å². The highest BCUT2D eigenvalue weighted by Gasteiger charge is 2.55. The molecule has 30 heavy (non-hydrogen) atoms. The molecule has 2 heterocycles. The summed E-state index contributed by atoms with van der Waals surface area (Å²) in [5, 5.41) is 15.1. The van der Waals surface area contributed by atoms with E-state index < -0.39 is 17.7 Å². The van der Waals surface area contributed by atoms with Gasteiger partial charge in [0.05, 0.1) is 24.5 Å². The lowest BCUT2D eigenvalue weighted by Gasteiger charge is -2.25. The second-order valence-electron chi connectivity index (χ2n) is 8.15.